The fraction of sp³-hybridized carbons (Fsp3) is 0.375. The van der Waals surface area contributed by atoms with Gasteiger partial charge in [0.15, 0.2) is 0 Å². The van der Waals surface area contributed by atoms with Crippen LogP contribution in [-0.4, -0.2) is 27.0 Å². The van der Waals surface area contributed by atoms with Crippen LogP contribution in [0.5, 0.6) is 0 Å². The van der Waals surface area contributed by atoms with Crippen LogP contribution in [0.1, 0.15) is 36.3 Å². The zero-order valence-electron chi connectivity index (χ0n) is 13.2. The van der Waals surface area contributed by atoms with Gasteiger partial charge in [0.25, 0.3) is 11.5 Å². The molecule has 0 atom stereocenters. The number of hydrogen-bond donors (Lipinski definition) is 2. The third-order valence-electron chi connectivity index (χ3n) is 3.36. The SMILES string of the molecule is CC(C)CCNC(=O)c1c[nH]c(=O)n(Cc2ccccn2)c1=O. The van der Waals surface area contributed by atoms with Crippen LogP contribution in [0.2, 0.25) is 0 Å². The minimum atomic E-state index is -0.624. The molecule has 0 aliphatic heterocycles. The Hall–Kier alpha value is -2.70. The average molecular weight is 316 g/mol. The van der Waals surface area contributed by atoms with Crippen molar-refractivity contribution in [3.8, 4) is 0 Å². The Morgan fingerprint density at radius 2 is 2.13 bits per heavy atom. The van der Waals surface area contributed by atoms with Crippen LogP contribution in [0.3, 0.4) is 0 Å². The van der Waals surface area contributed by atoms with Gasteiger partial charge in [-0.2, -0.15) is 0 Å². The molecule has 0 saturated carbocycles. The summed E-state index contributed by atoms with van der Waals surface area (Å²) >= 11 is 0. The van der Waals surface area contributed by atoms with Crippen LogP contribution in [0, 0.1) is 5.92 Å². The predicted molar refractivity (Wildman–Crippen MR) is 86.4 cm³/mol. The molecule has 23 heavy (non-hydrogen) atoms. The molecule has 0 bridgehead atoms. The fourth-order valence-electron chi connectivity index (χ4n) is 2.04. The summed E-state index contributed by atoms with van der Waals surface area (Å²) in [5.74, 6) is -0.0339. The maximum Gasteiger partial charge on any atom is 0.328 e. The molecule has 2 aromatic rings. The van der Waals surface area contributed by atoms with Crippen LogP contribution >= 0.6 is 0 Å². The zero-order valence-corrected chi connectivity index (χ0v) is 13.2. The van der Waals surface area contributed by atoms with Crippen molar-refractivity contribution in [1.82, 2.24) is 19.9 Å². The number of pyridine rings is 1. The number of hydrogen-bond acceptors (Lipinski definition) is 4. The van der Waals surface area contributed by atoms with Gasteiger partial charge in [0.05, 0.1) is 12.2 Å². The number of aromatic amines is 1. The monoisotopic (exact) mass is 316 g/mol. The predicted octanol–water partition coefficient (Wildman–Crippen LogP) is 0.756. The molecule has 7 heteroatoms. The molecule has 2 aromatic heterocycles. The molecule has 2 N–H and O–H groups in total. The molecule has 0 spiro atoms. The smallest absolute Gasteiger partial charge is 0.328 e. The summed E-state index contributed by atoms with van der Waals surface area (Å²) in [6.07, 6.45) is 3.55. The molecular weight excluding hydrogens is 296 g/mol. The second-order valence-electron chi connectivity index (χ2n) is 5.66. The number of carbonyl (C=O) groups is 1. The van der Waals surface area contributed by atoms with Crippen molar-refractivity contribution in [1.29, 1.82) is 0 Å². The van der Waals surface area contributed by atoms with Crippen LogP contribution in [0.25, 0.3) is 0 Å². The Kier molecular flexibility index (Phi) is 5.46. The van der Waals surface area contributed by atoms with Crippen molar-refractivity contribution < 1.29 is 4.79 Å². The van der Waals surface area contributed by atoms with Crippen LogP contribution in [0.4, 0.5) is 0 Å². The molecule has 7 nitrogen and oxygen atoms in total. The van der Waals surface area contributed by atoms with E-state index in [9.17, 15) is 14.4 Å². The molecule has 0 fully saturated rings. The molecule has 0 radical (unpaired) electrons. The summed E-state index contributed by atoms with van der Waals surface area (Å²) < 4.78 is 0.972. The molecular formula is C16H20N4O3. The first-order valence-corrected chi connectivity index (χ1v) is 7.49. The summed E-state index contributed by atoms with van der Waals surface area (Å²) in [6.45, 7) is 4.59. The van der Waals surface area contributed by atoms with Gasteiger partial charge >= 0.3 is 5.69 Å². The maximum absolute atomic E-state index is 12.4. The number of aromatic nitrogens is 3. The van der Waals surface area contributed by atoms with Gasteiger partial charge < -0.3 is 10.3 Å². The summed E-state index contributed by atoms with van der Waals surface area (Å²) in [5.41, 5.74) is -0.706. The molecule has 1 amide bonds. The molecule has 122 valence electrons. The number of nitrogens with zero attached hydrogens (tertiary/aromatic N) is 2. The number of amides is 1. The van der Waals surface area contributed by atoms with Crippen molar-refractivity contribution in [2.45, 2.75) is 26.8 Å². The minimum Gasteiger partial charge on any atom is -0.352 e. The highest BCUT2D eigenvalue weighted by atomic mass is 16.2. The van der Waals surface area contributed by atoms with Gasteiger partial charge in [-0.1, -0.05) is 19.9 Å². The molecule has 0 aliphatic carbocycles. The van der Waals surface area contributed by atoms with Crippen molar-refractivity contribution >= 4 is 5.91 Å². The van der Waals surface area contributed by atoms with E-state index in [1.807, 2.05) is 13.8 Å². The maximum atomic E-state index is 12.4. The highest BCUT2D eigenvalue weighted by molar-refractivity contribution is 5.93. The Bertz CT molecular complexity index is 778. The van der Waals surface area contributed by atoms with Gasteiger partial charge in [-0.3, -0.25) is 19.1 Å². The highest BCUT2D eigenvalue weighted by Gasteiger charge is 2.14. The second-order valence-corrected chi connectivity index (χ2v) is 5.66. The van der Waals surface area contributed by atoms with E-state index >= 15 is 0 Å². The number of rotatable bonds is 6. The Labute approximate surface area is 133 Å². The minimum absolute atomic E-state index is 0.0160. The van der Waals surface area contributed by atoms with Gasteiger partial charge in [-0.25, -0.2) is 4.79 Å². The largest absolute Gasteiger partial charge is 0.352 e. The van der Waals surface area contributed by atoms with Gasteiger partial charge in [-0.15, -0.1) is 0 Å². The summed E-state index contributed by atoms with van der Waals surface area (Å²) in [7, 11) is 0. The third kappa shape index (κ3) is 4.38. The van der Waals surface area contributed by atoms with Crippen molar-refractivity contribution in [3.05, 3.63) is 62.7 Å². The van der Waals surface area contributed by atoms with E-state index in [1.165, 1.54) is 0 Å². The van der Waals surface area contributed by atoms with Crippen molar-refractivity contribution in [2.75, 3.05) is 6.54 Å². The lowest BCUT2D eigenvalue weighted by molar-refractivity contribution is 0.0949. The van der Waals surface area contributed by atoms with E-state index in [0.717, 1.165) is 17.2 Å². The van der Waals surface area contributed by atoms with Crippen molar-refractivity contribution in [3.63, 3.8) is 0 Å². The van der Waals surface area contributed by atoms with Gasteiger partial charge in [0.1, 0.15) is 5.56 Å². The van der Waals surface area contributed by atoms with E-state index in [0.29, 0.717) is 18.2 Å². The quantitative estimate of drug-likeness (QED) is 0.822. The number of nitrogens with one attached hydrogen (secondary N) is 2. The zero-order chi connectivity index (χ0) is 16.8. The first-order valence-electron chi connectivity index (χ1n) is 7.49. The molecule has 2 rings (SSSR count). The van der Waals surface area contributed by atoms with Crippen LogP contribution in [-0.2, 0) is 6.54 Å². The molecule has 0 aromatic carbocycles. The topological polar surface area (TPSA) is 96.8 Å². The molecule has 0 saturated heterocycles. The normalized spacial score (nSPS) is 10.7. The average Bonchev–Trinajstić information content (AvgIpc) is 2.52. The molecule has 0 unspecified atom stereocenters. The highest BCUT2D eigenvalue weighted by Crippen LogP contribution is 1.98. The lowest BCUT2D eigenvalue weighted by Gasteiger charge is -2.09. The molecule has 2 heterocycles. The lowest BCUT2D eigenvalue weighted by atomic mass is 10.1. The van der Waals surface area contributed by atoms with E-state index in [1.54, 1.807) is 24.4 Å². The summed E-state index contributed by atoms with van der Waals surface area (Å²) in [5, 5.41) is 2.69. The summed E-state index contributed by atoms with van der Waals surface area (Å²) in [6, 6.07) is 5.22. The summed E-state index contributed by atoms with van der Waals surface area (Å²) in [4.78, 5) is 42.9. The first kappa shape index (κ1) is 16.7. The number of H-pyrrole nitrogens is 1. The Balaban J connectivity index is 2.23. The van der Waals surface area contributed by atoms with Crippen molar-refractivity contribution in [2.24, 2.45) is 5.92 Å². The van der Waals surface area contributed by atoms with Gasteiger partial charge in [0, 0.05) is 18.9 Å². The standard InChI is InChI=1S/C16H20N4O3/c1-11(2)6-8-18-14(21)13-9-19-16(23)20(15(13)22)10-12-5-3-4-7-17-12/h3-5,7,9,11H,6,8,10H2,1-2H3,(H,18,21)(H,19,23). The van der Waals surface area contributed by atoms with Crippen LogP contribution < -0.4 is 16.6 Å². The Morgan fingerprint density at radius 3 is 2.78 bits per heavy atom. The Morgan fingerprint density at radius 1 is 1.35 bits per heavy atom. The van der Waals surface area contributed by atoms with Gasteiger partial charge in [0.2, 0.25) is 0 Å². The molecule has 0 aliphatic rings. The van der Waals surface area contributed by atoms with E-state index < -0.39 is 17.2 Å². The fourth-order valence-corrected chi connectivity index (χ4v) is 2.04. The van der Waals surface area contributed by atoms with E-state index in [2.05, 4.69) is 15.3 Å². The van der Waals surface area contributed by atoms with E-state index in [4.69, 9.17) is 0 Å². The van der Waals surface area contributed by atoms with Gasteiger partial charge in [-0.05, 0) is 24.5 Å². The number of carbonyl (C=O) groups excluding carboxylic acids is 1. The second kappa shape index (κ2) is 7.53. The third-order valence-corrected chi connectivity index (χ3v) is 3.36. The lowest BCUT2D eigenvalue weighted by Crippen LogP contribution is -2.41. The van der Waals surface area contributed by atoms with E-state index in [-0.39, 0.29) is 12.1 Å². The van der Waals surface area contributed by atoms with Crippen LogP contribution in [0.15, 0.2) is 40.2 Å². The first-order chi connectivity index (χ1) is 11.0.